The Kier molecular flexibility index (Phi) is 8.55. The minimum Gasteiger partial charge on any atom is -0.507 e. The summed E-state index contributed by atoms with van der Waals surface area (Å²) in [5.74, 6) is 0.132. The zero-order chi connectivity index (χ0) is 29.9. The Balaban J connectivity index is 1.40. The molecule has 9 nitrogen and oxygen atoms in total. The predicted octanol–water partition coefficient (Wildman–Crippen LogP) is 6.67. The number of ketones is 1. The van der Waals surface area contributed by atoms with Crippen molar-refractivity contribution in [3.8, 4) is 17.2 Å². The van der Waals surface area contributed by atoms with E-state index in [1.807, 2.05) is 31.2 Å². The number of nitrogens with zero attached hydrogens (tertiary/aromatic N) is 3. The number of thioether (sulfide) groups is 1. The van der Waals surface area contributed by atoms with Gasteiger partial charge in [0.15, 0.2) is 15.8 Å². The quantitative estimate of drug-likeness (QED) is 0.0708. The van der Waals surface area contributed by atoms with E-state index in [-0.39, 0.29) is 16.5 Å². The number of benzene rings is 3. The number of aromatic nitrogens is 2. The molecule has 1 aromatic heterocycles. The topological polar surface area (TPSA) is 111 Å². The van der Waals surface area contributed by atoms with Crippen molar-refractivity contribution in [1.82, 2.24) is 10.2 Å². The van der Waals surface area contributed by atoms with Crippen LogP contribution in [0.15, 0.2) is 76.6 Å². The molecule has 0 aliphatic carbocycles. The van der Waals surface area contributed by atoms with Gasteiger partial charge in [-0.05, 0) is 53.9 Å². The van der Waals surface area contributed by atoms with E-state index < -0.39 is 17.7 Å². The molecule has 1 N–H and O–H groups in total. The van der Waals surface area contributed by atoms with Crippen molar-refractivity contribution in [3.05, 3.63) is 94.0 Å². The van der Waals surface area contributed by atoms with E-state index in [0.29, 0.717) is 63.3 Å². The zero-order valence-corrected chi connectivity index (χ0v) is 25.4. The van der Waals surface area contributed by atoms with Gasteiger partial charge in [-0.15, -0.1) is 10.2 Å². The first-order valence-electron chi connectivity index (χ1n) is 13.6. The minimum absolute atomic E-state index is 0.0743. The molecule has 1 saturated heterocycles. The molecule has 220 valence electrons. The standard InChI is InChI=1S/C31H26ClN3O6S2/c1-2-12-39-21-8-5-7-18(15-21)26-25(27(36)19-10-11-23-24(16-19)41-14-13-40-23)28(37)29(38)35(26)30-33-34-31(43-30)42-17-20-6-3-4-9-22(20)32/h3-11,15-16,26,36H,2,12-14,17H2,1H3/b27-25-. The van der Waals surface area contributed by atoms with Gasteiger partial charge in [0.25, 0.3) is 5.78 Å². The number of amides is 1. The van der Waals surface area contributed by atoms with Crippen molar-refractivity contribution in [2.45, 2.75) is 29.5 Å². The minimum atomic E-state index is -0.979. The van der Waals surface area contributed by atoms with Crippen LogP contribution in [0.3, 0.4) is 0 Å². The monoisotopic (exact) mass is 635 g/mol. The van der Waals surface area contributed by atoms with E-state index >= 15 is 0 Å². The van der Waals surface area contributed by atoms with Gasteiger partial charge in [0.2, 0.25) is 5.13 Å². The highest BCUT2D eigenvalue weighted by atomic mass is 35.5. The van der Waals surface area contributed by atoms with Crippen LogP contribution in [-0.2, 0) is 15.3 Å². The van der Waals surface area contributed by atoms with Crippen molar-refractivity contribution in [1.29, 1.82) is 0 Å². The molecule has 4 aromatic rings. The van der Waals surface area contributed by atoms with Gasteiger partial charge in [0.05, 0.1) is 18.2 Å². The molecule has 3 heterocycles. The summed E-state index contributed by atoms with van der Waals surface area (Å²) >= 11 is 8.92. The van der Waals surface area contributed by atoms with Gasteiger partial charge < -0.3 is 19.3 Å². The fourth-order valence-corrected chi connectivity index (χ4v) is 6.95. The molecule has 3 aromatic carbocycles. The average Bonchev–Trinajstić information content (AvgIpc) is 3.60. The molecular weight excluding hydrogens is 610 g/mol. The Morgan fingerprint density at radius 1 is 1.07 bits per heavy atom. The summed E-state index contributed by atoms with van der Waals surface area (Å²) in [5.41, 5.74) is 1.76. The molecule has 2 aliphatic heterocycles. The van der Waals surface area contributed by atoms with E-state index in [9.17, 15) is 14.7 Å². The van der Waals surface area contributed by atoms with E-state index in [0.717, 1.165) is 12.0 Å². The third kappa shape index (κ3) is 5.93. The maximum atomic E-state index is 13.6. The lowest BCUT2D eigenvalue weighted by Crippen LogP contribution is -2.29. The summed E-state index contributed by atoms with van der Waals surface area (Å²) in [6.45, 7) is 3.28. The number of aliphatic hydroxyl groups is 1. The first-order chi connectivity index (χ1) is 20.9. The Hall–Kier alpha value is -4.06. The normalized spacial score (nSPS) is 17.3. The van der Waals surface area contributed by atoms with Crippen LogP contribution in [0.25, 0.3) is 5.76 Å². The van der Waals surface area contributed by atoms with Crippen molar-refractivity contribution < 1.29 is 28.9 Å². The van der Waals surface area contributed by atoms with Crippen LogP contribution in [0.1, 0.15) is 36.1 Å². The van der Waals surface area contributed by atoms with Crippen LogP contribution in [0, 0.1) is 0 Å². The molecule has 1 amide bonds. The smallest absolute Gasteiger partial charge is 0.301 e. The SMILES string of the molecule is CCCOc1cccc(C2/C(=C(/O)c3ccc4c(c3)OCCO4)C(=O)C(=O)N2c2nnc(SCc3ccccc3Cl)s2)c1. The summed E-state index contributed by atoms with van der Waals surface area (Å²) in [5, 5.41) is 21.0. The van der Waals surface area contributed by atoms with Gasteiger partial charge in [-0.1, -0.05) is 72.0 Å². The second-order valence-corrected chi connectivity index (χ2v) is 12.3. The lowest BCUT2D eigenvalue weighted by Gasteiger charge is -2.23. The highest BCUT2D eigenvalue weighted by Gasteiger charge is 2.48. The van der Waals surface area contributed by atoms with Crippen LogP contribution >= 0.6 is 34.7 Å². The summed E-state index contributed by atoms with van der Waals surface area (Å²) < 4.78 is 17.7. The zero-order valence-electron chi connectivity index (χ0n) is 23.0. The Labute approximate surface area is 261 Å². The number of ether oxygens (including phenoxy) is 3. The van der Waals surface area contributed by atoms with E-state index in [1.54, 1.807) is 42.5 Å². The molecule has 1 unspecified atom stereocenters. The van der Waals surface area contributed by atoms with E-state index in [4.69, 9.17) is 25.8 Å². The third-order valence-corrected chi connectivity index (χ3v) is 9.29. The third-order valence-electron chi connectivity index (χ3n) is 6.82. The summed E-state index contributed by atoms with van der Waals surface area (Å²) in [6.07, 6.45) is 0.812. The number of Topliss-reactive ketones (excluding diaryl/α,β-unsaturated/α-hetero) is 1. The van der Waals surface area contributed by atoms with Crippen molar-refractivity contribution in [3.63, 3.8) is 0 Å². The number of anilines is 1. The number of carbonyl (C=O) groups is 2. The molecule has 0 saturated carbocycles. The Morgan fingerprint density at radius 3 is 2.70 bits per heavy atom. The maximum absolute atomic E-state index is 13.6. The second kappa shape index (κ2) is 12.7. The van der Waals surface area contributed by atoms with Gasteiger partial charge in [0.1, 0.15) is 24.7 Å². The van der Waals surface area contributed by atoms with E-state index in [2.05, 4.69) is 10.2 Å². The first kappa shape index (κ1) is 29.0. The molecular formula is C31H26ClN3O6S2. The fourth-order valence-electron chi connectivity index (χ4n) is 4.80. The Bertz CT molecular complexity index is 1730. The molecule has 6 rings (SSSR count). The van der Waals surface area contributed by atoms with Crippen LogP contribution in [0.5, 0.6) is 17.2 Å². The predicted molar refractivity (Wildman–Crippen MR) is 165 cm³/mol. The number of hydrogen-bond donors (Lipinski definition) is 1. The van der Waals surface area contributed by atoms with Gasteiger partial charge in [-0.25, -0.2) is 0 Å². The average molecular weight is 636 g/mol. The number of fused-ring (bicyclic) bond motifs is 1. The maximum Gasteiger partial charge on any atom is 0.301 e. The lowest BCUT2D eigenvalue weighted by atomic mass is 9.95. The second-order valence-electron chi connectivity index (χ2n) is 9.68. The number of aliphatic hydroxyl groups excluding tert-OH is 1. The highest BCUT2D eigenvalue weighted by molar-refractivity contribution is 8.00. The Morgan fingerprint density at radius 2 is 1.88 bits per heavy atom. The van der Waals surface area contributed by atoms with Crippen LogP contribution < -0.4 is 19.1 Å². The molecule has 2 aliphatic rings. The van der Waals surface area contributed by atoms with Crippen LogP contribution in [0.4, 0.5) is 5.13 Å². The van der Waals surface area contributed by atoms with Crippen molar-refractivity contribution in [2.75, 3.05) is 24.7 Å². The molecule has 1 atom stereocenters. The van der Waals surface area contributed by atoms with Gasteiger partial charge in [-0.3, -0.25) is 14.5 Å². The molecule has 0 bridgehead atoms. The summed E-state index contributed by atoms with van der Waals surface area (Å²) in [7, 11) is 0. The number of carbonyl (C=O) groups excluding carboxylic acids is 2. The van der Waals surface area contributed by atoms with Crippen LogP contribution in [-0.4, -0.2) is 46.8 Å². The molecule has 12 heteroatoms. The van der Waals surface area contributed by atoms with Gasteiger partial charge in [0, 0.05) is 16.3 Å². The summed E-state index contributed by atoms with van der Waals surface area (Å²) in [4.78, 5) is 28.6. The highest BCUT2D eigenvalue weighted by Crippen LogP contribution is 2.45. The molecule has 0 radical (unpaired) electrons. The van der Waals surface area contributed by atoms with Gasteiger partial charge >= 0.3 is 5.91 Å². The lowest BCUT2D eigenvalue weighted by molar-refractivity contribution is -0.132. The largest absolute Gasteiger partial charge is 0.507 e. The fraction of sp³-hybridized carbons (Fsp3) is 0.226. The molecule has 1 fully saturated rings. The first-order valence-corrected chi connectivity index (χ1v) is 15.8. The van der Waals surface area contributed by atoms with Crippen molar-refractivity contribution >= 4 is 57.3 Å². The number of rotatable bonds is 9. The number of halogens is 1. The molecule has 43 heavy (non-hydrogen) atoms. The van der Waals surface area contributed by atoms with Crippen LogP contribution in [0.2, 0.25) is 5.02 Å². The van der Waals surface area contributed by atoms with Gasteiger partial charge in [-0.2, -0.15) is 0 Å². The molecule has 0 spiro atoms. The summed E-state index contributed by atoms with van der Waals surface area (Å²) in [6, 6.07) is 18.6. The number of hydrogen-bond acceptors (Lipinski definition) is 10. The van der Waals surface area contributed by atoms with Crippen molar-refractivity contribution in [2.24, 2.45) is 0 Å². The van der Waals surface area contributed by atoms with E-state index in [1.165, 1.54) is 28.0 Å².